The maximum atomic E-state index is 8.53. The number of hydrogen-bond donors (Lipinski definition) is 2. The van der Waals surface area contributed by atoms with Gasteiger partial charge < -0.3 is 10.2 Å². The molecule has 0 aromatic carbocycles. The summed E-state index contributed by atoms with van der Waals surface area (Å²) in [4.78, 5) is 0. The van der Waals surface area contributed by atoms with Gasteiger partial charge in [0, 0.05) is 0 Å². The van der Waals surface area contributed by atoms with Crippen molar-refractivity contribution in [3.8, 4) is 0 Å². The molecule has 0 aliphatic rings. The van der Waals surface area contributed by atoms with Crippen LogP contribution in [0.5, 0.6) is 0 Å². The van der Waals surface area contributed by atoms with Gasteiger partial charge in [-0.15, -0.1) is 11.8 Å². The largest absolute Gasteiger partial charge is 0.383 e. The van der Waals surface area contributed by atoms with Crippen LogP contribution in [0.25, 0.3) is 0 Å². The van der Waals surface area contributed by atoms with Crippen LogP contribution in [0.1, 0.15) is 13.8 Å². The zero-order chi connectivity index (χ0) is 5.86. The van der Waals surface area contributed by atoms with E-state index < -0.39 is 10.9 Å². The molecule has 0 saturated heterocycles. The minimum absolute atomic E-state index is 0.458. The van der Waals surface area contributed by atoms with Crippen molar-refractivity contribution in [2.75, 3.05) is 0 Å². The van der Waals surface area contributed by atoms with Crippen molar-refractivity contribution in [2.45, 2.75) is 24.7 Å². The molecule has 0 saturated carbocycles. The quantitative estimate of drug-likeness (QED) is 0.521. The Hall–Kier alpha value is 0.270. The lowest BCUT2D eigenvalue weighted by atomic mass is 10.9. The van der Waals surface area contributed by atoms with Gasteiger partial charge in [-0.1, -0.05) is 0 Å². The highest BCUT2D eigenvalue weighted by Gasteiger charge is 1.98. The molecule has 2 atom stereocenters. The maximum absolute atomic E-state index is 8.53. The molecule has 44 valence electrons. The van der Waals surface area contributed by atoms with E-state index in [4.69, 9.17) is 10.2 Å². The van der Waals surface area contributed by atoms with Gasteiger partial charge in [0.1, 0.15) is 0 Å². The summed E-state index contributed by atoms with van der Waals surface area (Å²) in [6.45, 7) is 3.24. The minimum atomic E-state index is -0.458. The average molecular weight is 122 g/mol. The van der Waals surface area contributed by atoms with Gasteiger partial charge in [0.15, 0.2) is 0 Å². The normalized spacial score (nSPS) is 18.9. The average Bonchev–Trinajstić information content (AvgIpc) is 1.27. The Morgan fingerprint density at radius 1 is 1.14 bits per heavy atom. The first-order valence-corrected chi connectivity index (χ1v) is 3.09. The van der Waals surface area contributed by atoms with Crippen LogP contribution in [-0.2, 0) is 0 Å². The molecule has 0 fully saturated rings. The van der Waals surface area contributed by atoms with Crippen LogP contribution in [-0.4, -0.2) is 21.1 Å². The third-order valence-electron chi connectivity index (χ3n) is 0.394. The Morgan fingerprint density at radius 3 is 1.43 bits per heavy atom. The van der Waals surface area contributed by atoms with Gasteiger partial charge in [-0.2, -0.15) is 0 Å². The Kier molecular flexibility index (Phi) is 3.42. The van der Waals surface area contributed by atoms with E-state index >= 15 is 0 Å². The van der Waals surface area contributed by atoms with Crippen LogP contribution >= 0.6 is 11.8 Å². The van der Waals surface area contributed by atoms with Crippen LogP contribution in [0.15, 0.2) is 0 Å². The Morgan fingerprint density at radius 2 is 1.43 bits per heavy atom. The SMILES string of the molecule is CC(O)SC(C)O. The van der Waals surface area contributed by atoms with E-state index in [1.165, 1.54) is 0 Å². The molecular weight excluding hydrogens is 112 g/mol. The second kappa shape index (κ2) is 3.29. The highest BCUT2D eigenvalue weighted by atomic mass is 32.2. The first kappa shape index (κ1) is 7.27. The van der Waals surface area contributed by atoms with Crippen LogP contribution in [0, 0.1) is 0 Å². The zero-order valence-corrected chi connectivity index (χ0v) is 5.27. The number of aliphatic hydroxyl groups is 2. The summed E-state index contributed by atoms with van der Waals surface area (Å²) in [5.41, 5.74) is -0.917. The molecule has 0 aliphatic carbocycles. The molecule has 0 spiro atoms. The molecule has 0 bridgehead atoms. The van der Waals surface area contributed by atoms with Crippen LogP contribution in [0.4, 0.5) is 0 Å². The van der Waals surface area contributed by atoms with Crippen molar-refractivity contribution in [2.24, 2.45) is 0 Å². The van der Waals surface area contributed by atoms with Gasteiger partial charge in [0.25, 0.3) is 0 Å². The fourth-order valence-corrected chi connectivity index (χ4v) is 0.855. The van der Waals surface area contributed by atoms with Gasteiger partial charge in [-0.05, 0) is 13.8 Å². The lowest BCUT2D eigenvalue weighted by molar-refractivity contribution is 0.256. The molecule has 2 nitrogen and oxygen atoms in total. The molecule has 0 rings (SSSR count). The summed E-state index contributed by atoms with van der Waals surface area (Å²) in [7, 11) is 0. The van der Waals surface area contributed by atoms with Gasteiger partial charge >= 0.3 is 0 Å². The second-order valence-electron chi connectivity index (χ2n) is 1.33. The van der Waals surface area contributed by atoms with Gasteiger partial charge in [-0.25, -0.2) is 0 Å². The summed E-state index contributed by atoms with van der Waals surface area (Å²) in [6, 6.07) is 0. The van der Waals surface area contributed by atoms with E-state index in [0.717, 1.165) is 11.8 Å². The molecular formula is C4H10O2S. The molecule has 2 unspecified atom stereocenters. The lowest BCUT2D eigenvalue weighted by Gasteiger charge is -2.04. The highest BCUT2D eigenvalue weighted by Crippen LogP contribution is 2.10. The number of thioether (sulfide) groups is 1. The smallest absolute Gasteiger partial charge is 0.0989 e. The van der Waals surface area contributed by atoms with E-state index in [9.17, 15) is 0 Å². The first-order chi connectivity index (χ1) is 3.13. The van der Waals surface area contributed by atoms with Crippen molar-refractivity contribution in [3.05, 3.63) is 0 Å². The predicted molar refractivity (Wildman–Crippen MR) is 31.0 cm³/mol. The second-order valence-corrected chi connectivity index (χ2v) is 2.97. The molecule has 0 aromatic heterocycles. The van der Waals surface area contributed by atoms with Crippen molar-refractivity contribution in [1.82, 2.24) is 0 Å². The summed E-state index contributed by atoms with van der Waals surface area (Å²) >= 11 is 1.12. The Labute approximate surface area is 47.5 Å². The summed E-state index contributed by atoms with van der Waals surface area (Å²) in [6.07, 6.45) is 0. The fourth-order valence-electron chi connectivity index (χ4n) is 0.285. The van der Waals surface area contributed by atoms with Crippen molar-refractivity contribution >= 4 is 11.8 Å². The third-order valence-corrected chi connectivity index (χ3v) is 1.18. The maximum Gasteiger partial charge on any atom is 0.0989 e. The molecule has 0 aliphatic heterocycles. The monoisotopic (exact) mass is 122 g/mol. The molecule has 3 heteroatoms. The van der Waals surface area contributed by atoms with E-state index in [-0.39, 0.29) is 0 Å². The zero-order valence-electron chi connectivity index (χ0n) is 4.46. The summed E-state index contributed by atoms with van der Waals surface area (Å²) in [5, 5.41) is 17.1. The van der Waals surface area contributed by atoms with Crippen LogP contribution in [0.3, 0.4) is 0 Å². The van der Waals surface area contributed by atoms with Crippen LogP contribution < -0.4 is 0 Å². The van der Waals surface area contributed by atoms with Crippen LogP contribution in [0.2, 0.25) is 0 Å². The summed E-state index contributed by atoms with van der Waals surface area (Å²) < 4.78 is 0. The molecule has 0 radical (unpaired) electrons. The van der Waals surface area contributed by atoms with E-state index in [1.807, 2.05) is 0 Å². The van der Waals surface area contributed by atoms with Gasteiger partial charge in [0.2, 0.25) is 0 Å². The van der Waals surface area contributed by atoms with E-state index in [0.29, 0.717) is 0 Å². The number of hydrogen-bond acceptors (Lipinski definition) is 3. The molecule has 0 heterocycles. The Bertz CT molecular complexity index is 39.0. The van der Waals surface area contributed by atoms with Gasteiger partial charge in [-0.3, -0.25) is 0 Å². The predicted octanol–water partition coefficient (Wildman–Crippen LogP) is 0.396. The summed E-state index contributed by atoms with van der Waals surface area (Å²) in [5.74, 6) is 0. The standard InChI is InChI=1S/C4H10O2S/c1-3(5)7-4(2)6/h3-6H,1-2H3. The Balaban J connectivity index is 2.95. The van der Waals surface area contributed by atoms with Gasteiger partial charge in [0.05, 0.1) is 10.9 Å². The highest BCUT2D eigenvalue weighted by molar-refractivity contribution is 8.00. The lowest BCUT2D eigenvalue weighted by Crippen LogP contribution is -2.00. The number of rotatable bonds is 2. The van der Waals surface area contributed by atoms with Crippen molar-refractivity contribution in [1.29, 1.82) is 0 Å². The van der Waals surface area contributed by atoms with E-state index in [1.54, 1.807) is 13.8 Å². The minimum Gasteiger partial charge on any atom is -0.383 e. The molecule has 7 heavy (non-hydrogen) atoms. The number of aliphatic hydroxyl groups excluding tert-OH is 2. The first-order valence-electron chi connectivity index (χ1n) is 2.14. The van der Waals surface area contributed by atoms with E-state index in [2.05, 4.69) is 0 Å². The van der Waals surface area contributed by atoms with Crippen molar-refractivity contribution < 1.29 is 10.2 Å². The van der Waals surface area contributed by atoms with Crippen molar-refractivity contribution in [3.63, 3.8) is 0 Å². The molecule has 2 N–H and O–H groups in total. The molecule has 0 aromatic rings. The molecule has 0 amide bonds. The topological polar surface area (TPSA) is 40.5 Å². The fraction of sp³-hybridized carbons (Fsp3) is 1.00. The third kappa shape index (κ3) is 6.27.